The van der Waals surface area contributed by atoms with Crippen molar-refractivity contribution in [3.63, 3.8) is 0 Å². The van der Waals surface area contributed by atoms with E-state index in [9.17, 15) is 9.59 Å². The quantitative estimate of drug-likeness (QED) is 0.684. The predicted molar refractivity (Wildman–Crippen MR) is 62.9 cm³/mol. The van der Waals surface area contributed by atoms with Gasteiger partial charge in [0, 0.05) is 0 Å². The van der Waals surface area contributed by atoms with Gasteiger partial charge in [-0.1, -0.05) is 19.8 Å². The molecule has 0 radical (unpaired) electrons. The van der Waals surface area contributed by atoms with Gasteiger partial charge in [-0.25, -0.2) is 14.6 Å². The van der Waals surface area contributed by atoms with E-state index in [0.717, 1.165) is 12.8 Å². The summed E-state index contributed by atoms with van der Waals surface area (Å²) < 4.78 is 0. The molecule has 1 atom stereocenters. The summed E-state index contributed by atoms with van der Waals surface area (Å²) in [6.07, 6.45) is 4.70. The van der Waals surface area contributed by atoms with Gasteiger partial charge >= 0.3 is 12.0 Å². The van der Waals surface area contributed by atoms with Crippen molar-refractivity contribution in [1.82, 2.24) is 20.5 Å². The second-order valence-electron chi connectivity index (χ2n) is 3.60. The minimum absolute atomic E-state index is 0.0228. The Kier molecular flexibility index (Phi) is 5.49. The van der Waals surface area contributed by atoms with E-state index in [0.29, 0.717) is 6.42 Å². The molecule has 1 unspecified atom stereocenters. The zero-order valence-corrected chi connectivity index (χ0v) is 9.96. The standard InChI is InChI=1S/C10H15N5O3/c1-2-3-4-7(8(16)17)13-10(18)14-9-11-5-6-12-15-9/h5-7H,2-4H2,1H3,(H,16,17)(H2,11,13,14,15,18). The van der Waals surface area contributed by atoms with Gasteiger partial charge in [0.15, 0.2) is 0 Å². The van der Waals surface area contributed by atoms with Crippen molar-refractivity contribution in [1.29, 1.82) is 0 Å². The molecule has 0 aliphatic heterocycles. The van der Waals surface area contributed by atoms with Gasteiger partial charge in [0.05, 0.1) is 12.4 Å². The highest BCUT2D eigenvalue weighted by atomic mass is 16.4. The summed E-state index contributed by atoms with van der Waals surface area (Å²) in [7, 11) is 0. The number of carbonyl (C=O) groups is 2. The second kappa shape index (κ2) is 7.15. The average molecular weight is 253 g/mol. The molecule has 0 aliphatic carbocycles. The molecule has 18 heavy (non-hydrogen) atoms. The van der Waals surface area contributed by atoms with E-state index in [-0.39, 0.29) is 5.95 Å². The zero-order chi connectivity index (χ0) is 13.4. The topological polar surface area (TPSA) is 117 Å². The highest BCUT2D eigenvalue weighted by Crippen LogP contribution is 2.01. The second-order valence-corrected chi connectivity index (χ2v) is 3.60. The molecule has 3 N–H and O–H groups in total. The highest BCUT2D eigenvalue weighted by Gasteiger charge is 2.19. The number of anilines is 1. The number of nitrogens with one attached hydrogen (secondary N) is 2. The third-order valence-electron chi connectivity index (χ3n) is 2.16. The molecule has 0 bridgehead atoms. The fourth-order valence-electron chi connectivity index (χ4n) is 1.27. The lowest BCUT2D eigenvalue weighted by atomic mass is 10.1. The number of aliphatic carboxylic acids is 1. The van der Waals surface area contributed by atoms with Gasteiger partial charge in [0.1, 0.15) is 6.04 Å². The van der Waals surface area contributed by atoms with Gasteiger partial charge in [0.2, 0.25) is 0 Å². The molecule has 0 saturated heterocycles. The summed E-state index contributed by atoms with van der Waals surface area (Å²) in [5, 5.41) is 20.7. The normalized spacial score (nSPS) is 11.6. The van der Waals surface area contributed by atoms with Crippen LogP contribution in [0.1, 0.15) is 26.2 Å². The van der Waals surface area contributed by atoms with Gasteiger partial charge in [-0.2, -0.15) is 5.10 Å². The Hall–Kier alpha value is -2.25. The summed E-state index contributed by atoms with van der Waals surface area (Å²) in [4.78, 5) is 26.1. The van der Waals surface area contributed by atoms with Crippen LogP contribution in [-0.4, -0.2) is 38.3 Å². The smallest absolute Gasteiger partial charge is 0.326 e. The third kappa shape index (κ3) is 4.73. The van der Waals surface area contributed by atoms with Crippen LogP contribution in [0.4, 0.5) is 10.7 Å². The number of carboxylic acids is 1. The number of urea groups is 1. The SMILES string of the molecule is CCCCC(NC(=O)Nc1nccnn1)C(=O)O. The minimum atomic E-state index is -1.06. The number of carbonyl (C=O) groups excluding carboxylic acids is 1. The van der Waals surface area contributed by atoms with Gasteiger partial charge in [-0.15, -0.1) is 5.10 Å². The Bertz CT molecular complexity index is 398. The van der Waals surface area contributed by atoms with Crippen LogP contribution < -0.4 is 10.6 Å². The van der Waals surface area contributed by atoms with E-state index >= 15 is 0 Å². The van der Waals surface area contributed by atoms with Gasteiger partial charge < -0.3 is 10.4 Å². The van der Waals surface area contributed by atoms with E-state index in [1.807, 2.05) is 6.92 Å². The first-order valence-corrected chi connectivity index (χ1v) is 5.57. The molecule has 1 aromatic rings. The van der Waals surface area contributed by atoms with Crippen LogP contribution in [0.15, 0.2) is 12.4 Å². The van der Waals surface area contributed by atoms with Crippen LogP contribution in [0.25, 0.3) is 0 Å². The fraction of sp³-hybridized carbons (Fsp3) is 0.500. The van der Waals surface area contributed by atoms with E-state index in [1.54, 1.807) is 0 Å². The average Bonchev–Trinajstić information content (AvgIpc) is 2.35. The number of hydrogen-bond donors (Lipinski definition) is 3. The van der Waals surface area contributed by atoms with E-state index in [4.69, 9.17) is 5.11 Å². The van der Waals surface area contributed by atoms with Gasteiger partial charge in [-0.3, -0.25) is 5.32 Å². The largest absolute Gasteiger partial charge is 0.480 e. The lowest BCUT2D eigenvalue weighted by Crippen LogP contribution is -2.43. The Labute approximate surface area is 104 Å². The monoisotopic (exact) mass is 253 g/mol. The minimum Gasteiger partial charge on any atom is -0.480 e. The van der Waals surface area contributed by atoms with Crippen LogP contribution in [0.2, 0.25) is 0 Å². The number of amides is 2. The van der Waals surface area contributed by atoms with Crippen LogP contribution in [0.5, 0.6) is 0 Å². The molecule has 8 heteroatoms. The van der Waals surface area contributed by atoms with Gasteiger partial charge in [0.25, 0.3) is 5.95 Å². The number of carboxylic acid groups (broad SMARTS) is 1. The maximum atomic E-state index is 11.5. The number of unbranched alkanes of at least 4 members (excludes halogenated alkanes) is 1. The van der Waals surface area contributed by atoms with Crippen molar-refractivity contribution in [2.45, 2.75) is 32.2 Å². The third-order valence-corrected chi connectivity index (χ3v) is 2.16. The fourth-order valence-corrected chi connectivity index (χ4v) is 1.27. The van der Waals surface area contributed by atoms with Crippen LogP contribution >= 0.6 is 0 Å². The van der Waals surface area contributed by atoms with Crippen molar-refractivity contribution < 1.29 is 14.7 Å². The first kappa shape index (κ1) is 13.8. The molecule has 98 valence electrons. The summed E-state index contributed by atoms with van der Waals surface area (Å²) in [5.41, 5.74) is 0. The molecule has 0 aliphatic rings. The Morgan fingerprint density at radius 2 is 2.22 bits per heavy atom. The van der Waals surface area contributed by atoms with E-state index in [1.165, 1.54) is 12.4 Å². The van der Waals surface area contributed by atoms with Crippen molar-refractivity contribution in [2.75, 3.05) is 5.32 Å². The Morgan fingerprint density at radius 1 is 1.44 bits per heavy atom. The number of rotatable bonds is 6. The maximum Gasteiger partial charge on any atom is 0.326 e. The van der Waals surface area contributed by atoms with Crippen molar-refractivity contribution in [2.24, 2.45) is 0 Å². The maximum absolute atomic E-state index is 11.5. The summed E-state index contributed by atoms with van der Waals surface area (Å²) >= 11 is 0. The number of aromatic nitrogens is 3. The number of hydrogen-bond acceptors (Lipinski definition) is 5. The summed E-state index contributed by atoms with van der Waals surface area (Å²) in [6.45, 7) is 1.95. The molecule has 0 fully saturated rings. The van der Waals surface area contributed by atoms with Crippen LogP contribution in [-0.2, 0) is 4.79 Å². The van der Waals surface area contributed by atoms with Gasteiger partial charge in [-0.05, 0) is 6.42 Å². The molecule has 0 aromatic carbocycles. The van der Waals surface area contributed by atoms with Crippen LogP contribution in [0.3, 0.4) is 0 Å². The predicted octanol–water partition coefficient (Wildman–Crippen LogP) is 0.636. The van der Waals surface area contributed by atoms with E-state index in [2.05, 4.69) is 25.8 Å². The van der Waals surface area contributed by atoms with E-state index < -0.39 is 18.0 Å². The highest BCUT2D eigenvalue weighted by molar-refractivity contribution is 5.90. The summed E-state index contributed by atoms with van der Waals surface area (Å²) in [6, 6.07) is -1.58. The Balaban J connectivity index is 2.48. The first-order chi connectivity index (χ1) is 8.63. The van der Waals surface area contributed by atoms with Crippen molar-refractivity contribution in [3.05, 3.63) is 12.4 Å². The lowest BCUT2D eigenvalue weighted by molar-refractivity contribution is -0.139. The Morgan fingerprint density at radius 3 is 2.78 bits per heavy atom. The number of nitrogens with zero attached hydrogens (tertiary/aromatic N) is 3. The molecular formula is C10H15N5O3. The van der Waals surface area contributed by atoms with Crippen molar-refractivity contribution >= 4 is 17.9 Å². The lowest BCUT2D eigenvalue weighted by Gasteiger charge is -2.13. The molecule has 1 aromatic heterocycles. The zero-order valence-electron chi connectivity index (χ0n) is 9.96. The van der Waals surface area contributed by atoms with Crippen molar-refractivity contribution in [3.8, 4) is 0 Å². The molecule has 0 spiro atoms. The molecule has 8 nitrogen and oxygen atoms in total. The molecule has 1 heterocycles. The van der Waals surface area contributed by atoms with Crippen LogP contribution in [0, 0.1) is 0 Å². The molecule has 2 amide bonds. The summed E-state index contributed by atoms with van der Waals surface area (Å²) in [5.74, 6) is -1.04. The first-order valence-electron chi connectivity index (χ1n) is 5.57. The molecular weight excluding hydrogens is 238 g/mol. The molecule has 1 rings (SSSR count). The molecule has 0 saturated carbocycles.